The summed E-state index contributed by atoms with van der Waals surface area (Å²) < 4.78 is 12.9. The summed E-state index contributed by atoms with van der Waals surface area (Å²) in [5.74, 6) is -0.349. The third-order valence-corrected chi connectivity index (χ3v) is 3.99. The molecule has 0 aliphatic rings. The van der Waals surface area contributed by atoms with Gasteiger partial charge in [0.25, 0.3) is 0 Å². The van der Waals surface area contributed by atoms with Crippen molar-refractivity contribution in [1.82, 2.24) is 9.97 Å². The molecule has 26 heavy (non-hydrogen) atoms. The fourth-order valence-corrected chi connectivity index (χ4v) is 2.73. The molecule has 5 nitrogen and oxygen atoms in total. The van der Waals surface area contributed by atoms with E-state index in [4.69, 9.17) is 0 Å². The van der Waals surface area contributed by atoms with Crippen LogP contribution in [0.15, 0.2) is 73.1 Å². The van der Waals surface area contributed by atoms with E-state index < -0.39 is 6.03 Å². The predicted octanol–water partition coefficient (Wildman–Crippen LogP) is 5.01. The number of hydrogen-bond donors (Lipinski definition) is 3. The molecule has 2 aromatic carbocycles. The molecule has 0 radical (unpaired) electrons. The first kappa shape index (κ1) is 15.8. The summed E-state index contributed by atoms with van der Waals surface area (Å²) in [6.45, 7) is 0. The molecule has 0 unspecified atom stereocenters. The maximum atomic E-state index is 12.9. The average molecular weight is 346 g/mol. The first-order valence-corrected chi connectivity index (χ1v) is 8.05. The van der Waals surface area contributed by atoms with E-state index in [2.05, 4.69) is 20.6 Å². The Bertz CT molecular complexity index is 1060. The van der Waals surface area contributed by atoms with E-state index in [-0.39, 0.29) is 5.82 Å². The summed E-state index contributed by atoms with van der Waals surface area (Å²) in [4.78, 5) is 19.6. The molecule has 2 amide bonds. The molecule has 0 atom stereocenters. The van der Waals surface area contributed by atoms with E-state index in [0.717, 1.165) is 22.2 Å². The molecule has 4 rings (SSSR count). The molecule has 0 aliphatic carbocycles. The molecule has 0 aliphatic heterocycles. The van der Waals surface area contributed by atoms with E-state index >= 15 is 0 Å². The lowest BCUT2D eigenvalue weighted by molar-refractivity contribution is 0.262. The van der Waals surface area contributed by atoms with Gasteiger partial charge in [0, 0.05) is 29.3 Å². The zero-order chi connectivity index (χ0) is 17.9. The molecule has 4 aromatic rings. The van der Waals surface area contributed by atoms with Gasteiger partial charge in [-0.25, -0.2) is 9.18 Å². The summed E-state index contributed by atoms with van der Waals surface area (Å²) in [6, 6.07) is 16.5. The first-order chi connectivity index (χ1) is 12.7. The lowest BCUT2D eigenvalue weighted by atomic mass is 10.1. The number of rotatable bonds is 3. The van der Waals surface area contributed by atoms with Crippen LogP contribution in [0.3, 0.4) is 0 Å². The molecule has 2 heterocycles. The van der Waals surface area contributed by atoms with Crippen LogP contribution >= 0.6 is 0 Å². The number of amides is 2. The van der Waals surface area contributed by atoms with Crippen LogP contribution in [0, 0.1) is 5.82 Å². The maximum absolute atomic E-state index is 12.9. The number of carbonyl (C=O) groups is 1. The monoisotopic (exact) mass is 346 g/mol. The molecule has 0 saturated heterocycles. The number of hydrogen-bond acceptors (Lipinski definition) is 2. The molecule has 2 aromatic heterocycles. The Balaban J connectivity index is 1.47. The second kappa shape index (κ2) is 6.68. The van der Waals surface area contributed by atoms with Crippen LogP contribution in [0.25, 0.3) is 22.2 Å². The minimum atomic E-state index is -0.391. The van der Waals surface area contributed by atoms with Gasteiger partial charge < -0.3 is 15.6 Å². The molecule has 0 saturated carbocycles. The number of nitrogens with one attached hydrogen (secondary N) is 3. The highest BCUT2D eigenvalue weighted by Gasteiger charge is 2.08. The van der Waals surface area contributed by atoms with Crippen molar-refractivity contribution in [1.29, 1.82) is 0 Å². The number of H-pyrrole nitrogens is 1. The summed E-state index contributed by atoms with van der Waals surface area (Å²) in [5, 5.41) is 5.40. The Morgan fingerprint density at radius 3 is 2.27 bits per heavy atom. The van der Waals surface area contributed by atoms with Crippen molar-refractivity contribution >= 4 is 28.4 Å². The Labute approximate surface area is 148 Å². The summed E-state index contributed by atoms with van der Waals surface area (Å²) >= 11 is 0. The van der Waals surface area contributed by atoms with Gasteiger partial charge in [0.1, 0.15) is 5.82 Å². The number of aromatic nitrogens is 2. The normalized spacial score (nSPS) is 10.7. The fraction of sp³-hybridized carbons (Fsp3) is 0. The molecule has 128 valence electrons. The highest BCUT2D eigenvalue weighted by atomic mass is 19.1. The van der Waals surface area contributed by atoms with Crippen molar-refractivity contribution < 1.29 is 9.18 Å². The van der Waals surface area contributed by atoms with Crippen LogP contribution in [0.5, 0.6) is 0 Å². The third-order valence-electron chi connectivity index (χ3n) is 3.99. The second-order valence-corrected chi connectivity index (χ2v) is 5.77. The van der Waals surface area contributed by atoms with Crippen molar-refractivity contribution in [2.45, 2.75) is 0 Å². The van der Waals surface area contributed by atoms with Gasteiger partial charge in [-0.3, -0.25) is 4.98 Å². The number of halogens is 1. The van der Waals surface area contributed by atoms with E-state index in [1.54, 1.807) is 6.20 Å². The second-order valence-electron chi connectivity index (χ2n) is 5.77. The molecule has 0 bridgehead atoms. The molecular weight excluding hydrogens is 331 g/mol. The zero-order valence-corrected chi connectivity index (χ0v) is 13.7. The van der Waals surface area contributed by atoms with E-state index in [1.165, 1.54) is 24.3 Å². The number of nitrogens with zero attached hydrogens (tertiary/aromatic N) is 1. The Kier molecular flexibility index (Phi) is 4.07. The third kappa shape index (κ3) is 3.25. The van der Waals surface area contributed by atoms with E-state index in [0.29, 0.717) is 11.4 Å². The standard InChI is InChI=1S/C20H15FN4O/c21-14-5-9-16(10-6-14)25-20(26)24-15-7-3-13(4-8-15)17-12-23-18-2-1-11-22-19(17)18/h1-12,23H,(H2,24,25,26). The lowest BCUT2D eigenvalue weighted by Gasteiger charge is -2.08. The number of carbonyl (C=O) groups excluding carboxylic acids is 1. The van der Waals surface area contributed by atoms with Crippen LogP contribution < -0.4 is 10.6 Å². The van der Waals surface area contributed by atoms with Crippen molar-refractivity contribution in [3.8, 4) is 11.1 Å². The molecular formula is C20H15FN4O. The minimum Gasteiger partial charge on any atom is -0.359 e. The Morgan fingerprint density at radius 2 is 1.58 bits per heavy atom. The van der Waals surface area contributed by atoms with Gasteiger partial charge in [-0.2, -0.15) is 0 Å². The molecule has 6 heteroatoms. The predicted molar refractivity (Wildman–Crippen MR) is 101 cm³/mol. The van der Waals surface area contributed by atoms with Crippen molar-refractivity contribution in [2.75, 3.05) is 10.6 Å². The topological polar surface area (TPSA) is 69.8 Å². The Hall–Kier alpha value is -3.67. The molecule has 0 spiro atoms. The zero-order valence-electron chi connectivity index (χ0n) is 13.7. The van der Waals surface area contributed by atoms with Crippen LogP contribution in [-0.2, 0) is 0 Å². The summed E-state index contributed by atoms with van der Waals surface area (Å²) in [6.07, 6.45) is 3.68. The van der Waals surface area contributed by atoms with E-state index in [9.17, 15) is 9.18 Å². The number of aromatic amines is 1. The number of pyridine rings is 1. The Morgan fingerprint density at radius 1 is 0.923 bits per heavy atom. The van der Waals surface area contributed by atoms with Crippen molar-refractivity contribution in [3.05, 3.63) is 78.9 Å². The van der Waals surface area contributed by atoms with Crippen molar-refractivity contribution in [2.24, 2.45) is 0 Å². The molecule has 0 fully saturated rings. The van der Waals surface area contributed by atoms with Crippen LogP contribution in [0.2, 0.25) is 0 Å². The fourth-order valence-electron chi connectivity index (χ4n) is 2.73. The van der Waals surface area contributed by atoms with Gasteiger partial charge >= 0.3 is 6.03 Å². The lowest BCUT2D eigenvalue weighted by Crippen LogP contribution is -2.19. The van der Waals surface area contributed by atoms with Gasteiger partial charge in [-0.1, -0.05) is 12.1 Å². The SMILES string of the molecule is O=C(Nc1ccc(F)cc1)Nc1ccc(-c2c[nH]c3cccnc23)cc1. The minimum absolute atomic E-state index is 0.349. The number of fused-ring (bicyclic) bond motifs is 1. The van der Waals surface area contributed by atoms with E-state index in [1.807, 2.05) is 42.6 Å². The van der Waals surface area contributed by atoms with Gasteiger partial charge in [0.15, 0.2) is 0 Å². The average Bonchev–Trinajstić information content (AvgIpc) is 3.08. The highest BCUT2D eigenvalue weighted by molar-refractivity contribution is 6.00. The quantitative estimate of drug-likeness (QED) is 0.488. The van der Waals surface area contributed by atoms with Gasteiger partial charge in [0.05, 0.1) is 11.0 Å². The van der Waals surface area contributed by atoms with Crippen molar-refractivity contribution in [3.63, 3.8) is 0 Å². The van der Waals surface area contributed by atoms with Gasteiger partial charge in [0.2, 0.25) is 0 Å². The number of anilines is 2. The van der Waals surface area contributed by atoms with Crippen LogP contribution in [0.1, 0.15) is 0 Å². The largest absolute Gasteiger partial charge is 0.359 e. The number of benzene rings is 2. The summed E-state index contributed by atoms with van der Waals surface area (Å²) in [7, 11) is 0. The smallest absolute Gasteiger partial charge is 0.323 e. The molecule has 3 N–H and O–H groups in total. The summed E-state index contributed by atoms with van der Waals surface area (Å²) in [5.41, 5.74) is 5.06. The highest BCUT2D eigenvalue weighted by Crippen LogP contribution is 2.27. The number of urea groups is 1. The maximum Gasteiger partial charge on any atom is 0.323 e. The van der Waals surface area contributed by atoms with Crippen LogP contribution in [-0.4, -0.2) is 16.0 Å². The van der Waals surface area contributed by atoms with Gasteiger partial charge in [-0.05, 0) is 54.1 Å². The first-order valence-electron chi connectivity index (χ1n) is 8.05. The van der Waals surface area contributed by atoms with Crippen LogP contribution in [0.4, 0.5) is 20.6 Å². The van der Waals surface area contributed by atoms with Gasteiger partial charge in [-0.15, -0.1) is 0 Å².